The zero-order chi connectivity index (χ0) is 14.7. The Kier molecular flexibility index (Phi) is 5.06. The van der Waals surface area contributed by atoms with Gasteiger partial charge in [-0.3, -0.25) is 9.59 Å². The molecule has 0 spiro atoms. The van der Waals surface area contributed by atoms with Crippen LogP contribution in [-0.2, 0) is 9.59 Å². The fourth-order valence-electron chi connectivity index (χ4n) is 3.56. The number of hydrogen-bond acceptors (Lipinski definition) is 2. The van der Waals surface area contributed by atoms with Gasteiger partial charge in [0.15, 0.2) is 0 Å². The fraction of sp³-hybridized carbons (Fsp3) is 0.875. The number of amides is 2. The monoisotopic (exact) mass is 280 g/mol. The van der Waals surface area contributed by atoms with E-state index in [2.05, 4.69) is 5.32 Å². The Bertz CT molecular complexity index is 359. The molecule has 1 heterocycles. The molecular weight excluding hydrogens is 252 g/mol. The van der Waals surface area contributed by atoms with Gasteiger partial charge in [-0.15, -0.1) is 0 Å². The molecule has 0 aromatic heterocycles. The van der Waals surface area contributed by atoms with E-state index in [9.17, 15) is 9.59 Å². The van der Waals surface area contributed by atoms with Gasteiger partial charge >= 0.3 is 0 Å². The average Bonchev–Trinajstić information content (AvgIpc) is 2.68. The summed E-state index contributed by atoms with van der Waals surface area (Å²) in [5.74, 6) is 0.325. The molecule has 2 rings (SSSR count). The molecule has 2 aliphatic rings. The van der Waals surface area contributed by atoms with Crippen molar-refractivity contribution in [3.8, 4) is 0 Å². The van der Waals surface area contributed by atoms with Gasteiger partial charge < -0.3 is 10.2 Å². The van der Waals surface area contributed by atoms with Crippen molar-refractivity contribution in [3.63, 3.8) is 0 Å². The first-order valence-corrected chi connectivity index (χ1v) is 8.18. The molecule has 2 unspecified atom stereocenters. The molecule has 2 fully saturated rings. The van der Waals surface area contributed by atoms with E-state index in [-0.39, 0.29) is 35.9 Å². The van der Waals surface area contributed by atoms with Crippen molar-refractivity contribution in [2.45, 2.75) is 83.8 Å². The van der Waals surface area contributed by atoms with E-state index in [1.807, 2.05) is 25.7 Å². The van der Waals surface area contributed by atoms with Crippen LogP contribution in [0.1, 0.15) is 65.7 Å². The van der Waals surface area contributed by atoms with E-state index in [0.717, 1.165) is 12.8 Å². The second-order valence-electron chi connectivity index (χ2n) is 6.55. The second-order valence-corrected chi connectivity index (χ2v) is 6.55. The van der Waals surface area contributed by atoms with Crippen molar-refractivity contribution in [1.29, 1.82) is 0 Å². The highest BCUT2D eigenvalue weighted by Crippen LogP contribution is 2.28. The molecule has 1 aliphatic carbocycles. The highest BCUT2D eigenvalue weighted by atomic mass is 16.2. The van der Waals surface area contributed by atoms with Crippen LogP contribution in [0, 0.1) is 5.92 Å². The standard InChI is InChI=1S/C16H28N2O2/c1-4-13-15(19)17-14(11(2)3)16(20)18(13)12-9-7-5-6-8-10-12/h11-14H,4-10H2,1-3H3,(H,17,19). The van der Waals surface area contributed by atoms with Gasteiger partial charge in [-0.2, -0.15) is 0 Å². The van der Waals surface area contributed by atoms with E-state index in [0.29, 0.717) is 6.42 Å². The summed E-state index contributed by atoms with van der Waals surface area (Å²) >= 11 is 0. The third kappa shape index (κ3) is 2.99. The SMILES string of the molecule is CCC1C(=O)NC(C(C)C)C(=O)N1C1CCCCCC1. The number of nitrogens with zero attached hydrogens (tertiary/aromatic N) is 1. The Morgan fingerprint density at radius 2 is 1.75 bits per heavy atom. The maximum absolute atomic E-state index is 12.8. The lowest BCUT2D eigenvalue weighted by molar-refractivity contribution is -0.154. The lowest BCUT2D eigenvalue weighted by atomic mass is 9.93. The van der Waals surface area contributed by atoms with Gasteiger partial charge in [0.1, 0.15) is 12.1 Å². The summed E-state index contributed by atoms with van der Waals surface area (Å²) < 4.78 is 0. The van der Waals surface area contributed by atoms with E-state index < -0.39 is 0 Å². The number of hydrogen-bond donors (Lipinski definition) is 1. The average molecular weight is 280 g/mol. The van der Waals surface area contributed by atoms with Gasteiger partial charge in [-0.1, -0.05) is 46.5 Å². The minimum atomic E-state index is -0.339. The molecule has 0 radical (unpaired) electrons. The van der Waals surface area contributed by atoms with Crippen molar-refractivity contribution in [1.82, 2.24) is 10.2 Å². The quantitative estimate of drug-likeness (QED) is 0.807. The molecule has 1 saturated carbocycles. The van der Waals surface area contributed by atoms with E-state index >= 15 is 0 Å². The molecule has 0 aromatic rings. The van der Waals surface area contributed by atoms with Crippen LogP contribution in [0.15, 0.2) is 0 Å². The molecule has 114 valence electrons. The Hall–Kier alpha value is -1.06. The van der Waals surface area contributed by atoms with Gasteiger partial charge in [0.25, 0.3) is 0 Å². The van der Waals surface area contributed by atoms with E-state index in [4.69, 9.17) is 0 Å². The van der Waals surface area contributed by atoms with Crippen LogP contribution in [0.4, 0.5) is 0 Å². The summed E-state index contributed by atoms with van der Waals surface area (Å²) in [5.41, 5.74) is 0. The Morgan fingerprint density at radius 3 is 2.25 bits per heavy atom. The van der Waals surface area contributed by atoms with E-state index in [1.165, 1.54) is 25.7 Å². The van der Waals surface area contributed by atoms with Crippen LogP contribution in [-0.4, -0.2) is 34.8 Å². The Labute approximate surface area is 122 Å². The van der Waals surface area contributed by atoms with E-state index in [1.54, 1.807) is 0 Å². The zero-order valence-corrected chi connectivity index (χ0v) is 13.0. The van der Waals surface area contributed by atoms with Crippen molar-refractivity contribution in [3.05, 3.63) is 0 Å². The molecule has 2 amide bonds. The van der Waals surface area contributed by atoms with Crippen LogP contribution < -0.4 is 5.32 Å². The van der Waals surface area contributed by atoms with Crippen LogP contribution >= 0.6 is 0 Å². The van der Waals surface area contributed by atoms with Crippen LogP contribution in [0.5, 0.6) is 0 Å². The maximum atomic E-state index is 12.8. The molecule has 2 atom stereocenters. The normalized spacial score (nSPS) is 29.5. The number of nitrogens with one attached hydrogen (secondary N) is 1. The van der Waals surface area contributed by atoms with Crippen molar-refractivity contribution in [2.75, 3.05) is 0 Å². The predicted molar refractivity (Wildman–Crippen MR) is 79.2 cm³/mol. The van der Waals surface area contributed by atoms with Gasteiger partial charge in [0, 0.05) is 6.04 Å². The number of piperazine rings is 1. The first-order chi connectivity index (χ1) is 9.56. The molecule has 1 aliphatic heterocycles. The number of carbonyl (C=O) groups is 2. The van der Waals surface area contributed by atoms with Crippen LogP contribution in [0.2, 0.25) is 0 Å². The lowest BCUT2D eigenvalue weighted by Gasteiger charge is -2.44. The molecule has 1 N–H and O–H groups in total. The van der Waals surface area contributed by atoms with Crippen molar-refractivity contribution >= 4 is 11.8 Å². The third-order valence-electron chi connectivity index (χ3n) is 4.73. The van der Waals surface area contributed by atoms with Gasteiger partial charge in [0.2, 0.25) is 11.8 Å². The highest BCUT2D eigenvalue weighted by Gasteiger charge is 2.43. The summed E-state index contributed by atoms with van der Waals surface area (Å²) in [6.45, 7) is 6.00. The summed E-state index contributed by atoms with van der Waals surface area (Å²) in [4.78, 5) is 27.1. The number of rotatable bonds is 3. The van der Waals surface area contributed by atoms with Gasteiger partial charge in [0.05, 0.1) is 0 Å². The largest absolute Gasteiger partial charge is 0.342 e. The third-order valence-corrected chi connectivity index (χ3v) is 4.73. The zero-order valence-electron chi connectivity index (χ0n) is 13.0. The minimum absolute atomic E-state index is 0.0371. The fourth-order valence-corrected chi connectivity index (χ4v) is 3.56. The van der Waals surface area contributed by atoms with Gasteiger partial charge in [-0.05, 0) is 25.2 Å². The molecule has 20 heavy (non-hydrogen) atoms. The second kappa shape index (κ2) is 6.59. The Balaban J connectivity index is 2.23. The first-order valence-electron chi connectivity index (χ1n) is 8.18. The smallest absolute Gasteiger partial charge is 0.246 e. The van der Waals surface area contributed by atoms with Crippen LogP contribution in [0.25, 0.3) is 0 Å². The van der Waals surface area contributed by atoms with Crippen molar-refractivity contribution < 1.29 is 9.59 Å². The Morgan fingerprint density at radius 1 is 1.15 bits per heavy atom. The molecule has 4 nitrogen and oxygen atoms in total. The summed E-state index contributed by atoms with van der Waals surface area (Å²) in [6.07, 6.45) is 7.70. The summed E-state index contributed by atoms with van der Waals surface area (Å²) in [6, 6.07) is -0.337. The topological polar surface area (TPSA) is 49.4 Å². The lowest BCUT2D eigenvalue weighted by Crippen LogP contribution is -2.66. The summed E-state index contributed by atoms with van der Waals surface area (Å²) in [5, 5.41) is 2.92. The first kappa shape index (κ1) is 15.3. The van der Waals surface area contributed by atoms with Crippen LogP contribution in [0.3, 0.4) is 0 Å². The molecular formula is C16H28N2O2. The predicted octanol–water partition coefficient (Wildman–Crippen LogP) is 2.47. The number of carbonyl (C=O) groups excluding carboxylic acids is 2. The molecule has 0 aromatic carbocycles. The highest BCUT2D eigenvalue weighted by molar-refractivity contribution is 5.97. The molecule has 4 heteroatoms. The summed E-state index contributed by atoms with van der Waals surface area (Å²) in [7, 11) is 0. The van der Waals surface area contributed by atoms with Gasteiger partial charge in [-0.25, -0.2) is 0 Å². The maximum Gasteiger partial charge on any atom is 0.246 e. The van der Waals surface area contributed by atoms with Crippen molar-refractivity contribution in [2.24, 2.45) is 5.92 Å². The minimum Gasteiger partial charge on any atom is -0.342 e. The molecule has 1 saturated heterocycles. The molecule has 0 bridgehead atoms.